The van der Waals surface area contributed by atoms with Crippen molar-refractivity contribution in [3.05, 3.63) is 90.0 Å². The van der Waals surface area contributed by atoms with E-state index < -0.39 is 0 Å². The van der Waals surface area contributed by atoms with Gasteiger partial charge in [-0.2, -0.15) is 0 Å². The van der Waals surface area contributed by atoms with Gasteiger partial charge in [0, 0.05) is 18.7 Å². The van der Waals surface area contributed by atoms with Gasteiger partial charge in [0.15, 0.2) is 0 Å². The van der Waals surface area contributed by atoms with E-state index in [4.69, 9.17) is 4.74 Å². The molecule has 0 radical (unpaired) electrons. The van der Waals surface area contributed by atoms with Crippen molar-refractivity contribution in [2.24, 2.45) is 0 Å². The van der Waals surface area contributed by atoms with E-state index in [9.17, 15) is 0 Å². The number of ether oxygens (including phenoxy) is 1. The van der Waals surface area contributed by atoms with Gasteiger partial charge in [-0.3, -0.25) is 0 Å². The first-order valence-corrected chi connectivity index (χ1v) is 8.28. The maximum atomic E-state index is 5.85. The fraction of sp³-hybridized carbons (Fsp3) is 0.182. The molecule has 0 fully saturated rings. The lowest BCUT2D eigenvalue weighted by Crippen LogP contribution is -2.14. The molecule has 0 saturated heterocycles. The number of hydrogen-bond donors (Lipinski definition) is 1. The van der Waals surface area contributed by atoms with Gasteiger partial charge in [-0.25, -0.2) is 0 Å². The molecule has 0 bridgehead atoms. The molecule has 1 N–H and O–H groups in total. The van der Waals surface area contributed by atoms with Crippen LogP contribution in [0.4, 0.5) is 0 Å². The molecule has 0 unspecified atom stereocenters. The van der Waals surface area contributed by atoms with Crippen molar-refractivity contribution in [1.29, 1.82) is 0 Å². The number of nitrogens with one attached hydrogen (secondary N) is 1. The molecular weight excluding hydrogens is 294 g/mol. The van der Waals surface area contributed by atoms with Crippen LogP contribution in [-0.4, -0.2) is 6.61 Å². The topological polar surface area (TPSA) is 21.3 Å². The van der Waals surface area contributed by atoms with Crippen LogP contribution in [0.2, 0.25) is 0 Å². The molecule has 0 heterocycles. The van der Waals surface area contributed by atoms with Gasteiger partial charge in [-0.1, -0.05) is 72.8 Å². The summed E-state index contributed by atoms with van der Waals surface area (Å²) in [5.74, 6) is 0.921. The van der Waals surface area contributed by atoms with E-state index >= 15 is 0 Å². The Morgan fingerprint density at radius 2 is 1.75 bits per heavy atom. The minimum atomic E-state index is 0.517. The maximum absolute atomic E-state index is 5.85. The molecule has 0 atom stereocenters. The van der Waals surface area contributed by atoms with Gasteiger partial charge in [-0.05, 0) is 29.3 Å². The highest BCUT2D eigenvalue weighted by Gasteiger charge is 2.08. The largest absolute Gasteiger partial charge is 0.489 e. The van der Waals surface area contributed by atoms with Crippen molar-refractivity contribution < 1.29 is 4.74 Å². The zero-order valence-electron chi connectivity index (χ0n) is 14.1. The predicted molar refractivity (Wildman–Crippen MR) is 101 cm³/mol. The molecule has 0 aliphatic rings. The van der Waals surface area contributed by atoms with Crippen molar-refractivity contribution in [2.45, 2.75) is 20.0 Å². The molecule has 3 aromatic carbocycles. The molecule has 0 aliphatic heterocycles. The van der Waals surface area contributed by atoms with Gasteiger partial charge in [0.1, 0.15) is 12.4 Å². The lowest BCUT2D eigenvalue weighted by atomic mass is 10.0. The second-order valence-electron chi connectivity index (χ2n) is 5.95. The fourth-order valence-electron chi connectivity index (χ4n) is 2.82. The average Bonchev–Trinajstić information content (AvgIpc) is 2.62. The summed E-state index contributed by atoms with van der Waals surface area (Å²) in [7, 11) is 0. The fourth-order valence-corrected chi connectivity index (χ4v) is 2.82. The SMILES string of the molecule is C=CCOc1ccc2ccccc2c1CNCc1ccc(C)cc1. The van der Waals surface area contributed by atoms with Gasteiger partial charge in [0.05, 0.1) is 0 Å². The highest BCUT2D eigenvalue weighted by molar-refractivity contribution is 5.87. The first-order chi connectivity index (χ1) is 11.8. The van der Waals surface area contributed by atoms with E-state index in [1.807, 2.05) is 0 Å². The van der Waals surface area contributed by atoms with E-state index in [1.54, 1.807) is 6.08 Å². The van der Waals surface area contributed by atoms with E-state index in [0.717, 1.165) is 18.8 Å². The van der Waals surface area contributed by atoms with Gasteiger partial charge >= 0.3 is 0 Å². The zero-order valence-corrected chi connectivity index (χ0v) is 14.1. The summed E-state index contributed by atoms with van der Waals surface area (Å²) in [6.07, 6.45) is 1.78. The highest BCUT2D eigenvalue weighted by atomic mass is 16.5. The quantitative estimate of drug-likeness (QED) is 0.619. The van der Waals surface area contributed by atoms with Gasteiger partial charge < -0.3 is 10.1 Å². The van der Waals surface area contributed by atoms with Crippen molar-refractivity contribution in [2.75, 3.05) is 6.61 Å². The monoisotopic (exact) mass is 317 g/mol. The Balaban J connectivity index is 1.80. The maximum Gasteiger partial charge on any atom is 0.124 e. The normalized spacial score (nSPS) is 10.7. The van der Waals surface area contributed by atoms with Crippen molar-refractivity contribution >= 4 is 10.8 Å². The third-order valence-corrected chi connectivity index (χ3v) is 4.11. The molecule has 0 aromatic heterocycles. The summed E-state index contributed by atoms with van der Waals surface area (Å²) >= 11 is 0. The average molecular weight is 317 g/mol. The Morgan fingerprint density at radius 3 is 2.54 bits per heavy atom. The predicted octanol–water partition coefficient (Wildman–Crippen LogP) is 5.00. The lowest BCUT2D eigenvalue weighted by molar-refractivity contribution is 0.358. The number of aryl methyl sites for hydroxylation is 1. The summed E-state index contributed by atoms with van der Waals surface area (Å²) in [5, 5.41) is 6.00. The van der Waals surface area contributed by atoms with Crippen LogP contribution in [0.15, 0.2) is 73.3 Å². The zero-order chi connectivity index (χ0) is 16.8. The number of hydrogen-bond acceptors (Lipinski definition) is 2. The Hall–Kier alpha value is -2.58. The molecule has 2 nitrogen and oxygen atoms in total. The second-order valence-corrected chi connectivity index (χ2v) is 5.95. The van der Waals surface area contributed by atoms with Crippen LogP contribution in [0.25, 0.3) is 10.8 Å². The van der Waals surface area contributed by atoms with Crippen LogP contribution in [-0.2, 0) is 13.1 Å². The van der Waals surface area contributed by atoms with Gasteiger partial charge in [-0.15, -0.1) is 0 Å². The summed E-state index contributed by atoms with van der Waals surface area (Å²) < 4.78 is 5.85. The molecule has 0 aliphatic carbocycles. The van der Waals surface area contributed by atoms with Gasteiger partial charge in [0.2, 0.25) is 0 Å². The van der Waals surface area contributed by atoms with Gasteiger partial charge in [0.25, 0.3) is 0 Å². The van der Waals surface area contributed by atoms with Crippen LogP contribution < -0.4 is 10.1 Å². The van der Waals surface area contributed by atoms with Crippen LogP contribution >= 0.6 is 0 Å². The van der Waals surface area contributed by atoms with E-state index in [0.29, 0.717) is 6.61 Å². The number of benzene rings is 3. The third-order valence-electron chi connectivity index (χ3n) is 4.11. The summed E-state index contributed by atoms with van der Waals surface area (Å²) in [5.41, 5.74) is 3.77. The van der Waals surface area contributed by atoms with Crippen LogP contribution in [0, 0.1) is 6.92 Å². The molecule has 0 spiro atoms. The first-order valence-electron chi connectivity index (χ1n) is 8.28. The Labute approximate surface area is 143 Å². The lowest BCUT2D eigenvalue weighted by Gasteiger charge is -2.14. The molecule has 3 rings (SSSR count). The first kappa shape index (κ1) is 16.3. The third kappa shape index (κ3) is 3.84. The summed E-state index contributed by atoms with van der Waals surface area (Å²) in [4.78, 5) is 0. The highest BCUT2D eigenvalue weighted by Crippen LogP contribution is 2.28. The Kier molecular flexibility index (Phi) is 5.29. The van der Waals surface area contributed by atoms with Crippen molar-refractivity contribution in [1.82, 2.24) is 5.32 Å². The summed E-state index contributed by atoms with van der Waals surface area (Å²) in [6.45, 7) is 7.96. The van der Waals surface area contributed by atoms with E-state index in [1.165, 1.54) is 27.5 Å². The minimum Gasteiger partial charge on any atom is -0.489 e. The number of rotatable bonds is 7. The summed E-state index contributed by atoms with van der Waals surface area (Å²) in [6, 6.07) is 21.2. The second kappa shape index (κ2) is 7.80. The molecule has 122 valence electrons. The minimum absolute atomic E-state index is 0.517. The smallest absolute Gasteiger partial charge is 0.124 e. The van der Waals surface area contributed by atoms with E-state index in [-0.39, 0.29) is 0 Å². The molecular formula is C22H23NO. The van der Waals surface area contributed by atoms with Crippen molar-refractivity contribution in [3.8, 4) is 5.75 Å². The van der Waals surface area contributed by atoms with Crippen LogP contribution in [0.1, 0.15) is 16.7 Å². The molecule has 0 amide bonds. The Bertz CT molecular complexity index is 821. The molecule has 24 heavy (non-hydrogen) atoms. The number of fused-ring (bicyclic) bond motifs is 1. The molecule has 2 heteroatoms. The Morgan fingerprint density at radius 1 is 0.958 bits per heavy atom. The van der Waals surface area contributed by atoms with Crippen LogP contribution in [0.5, 0.6) is 5.75 Å². The molecule has 0 saturated carbocycles. The van der Waals surface area contributed by atoms with Crippen LogP contribution in [0.3, 0.4) is 0 Å². The van der Waals surface area contributed by atoms with E-state index in [2.05, 4.69) is 79.5 Å². The van der Waals surface area contributed by atoms with Crippen molar-refractivity contribution in [3.63, 3.8) is 0 Å². The standard InChI is InChI=1S/C22H23NO/c1-3-14-24-22-13-12-19-6-4-5-7-20(19)21(22)16-23-15-18-10-8-17(2)9-11-18/h3-13,23H,1,14-16H2,2H3. The molecule has 3 aromatic rings.